The van der Waals surface area contributed by atoms with Gasteiger partial charge in [0, 0.05) is 5.56 Å². The first-order chi connectivity index (χ1) is 9.49. The van der Waals surface area contributed by atoms with E-state index in [1.165, 1.54) is 31.4 Å². The summed E-state index contributed by atoms with van der Waals surface area (Å²) in [5.74, 6) is -2.16. The van der Waals surface area contributed by atoms with Crippen molar-refractivity contribution in [2.75, 3.05) is 7.11 Å². The Labute approximate surface area is 116 Å². The van der Waals surface area contributed by atoms with Crippen molar-refractivity contribution < 1.29 is 24.2 Å². The lowest BCUT2D eigenvalue weighted by molar-refractivity contribution is -0.139. The standard InChI is InChI=1S/C14H17NO5/c1-3-5-11(13(17)18)15-12(16)9-6-4-7-10(8-9)14(19)20-2/h4,6-8,11H,3,5H2,1-2H3,(H,15,16)(H,17,18). The van der Waals surface area contributed by atoms with Gasteiger partial charge in [0.1, 0.15) is 6.04 Å². The Kier molecular flexibility index (Phi) is 5.71. The van der Waals surface area contributed by atoms with Crippen LogP contribution in [0.5, 0.6) is 0 Å². The zero-order valence-electron chi connectivity index (χ0n) is 11.4. The van der Waals surface area contributed by atoms with Gasteiger partial charge in [0.25, 0.3) is 5.91 Å². The van der Waals surface area contributed by atoms with Gasteiger partial charge in [0.2, 0.25) is 0 Å². The molecule has 0 aliphatic rings. The number of hydrogen-bond acceptors (Lipinski definition) is 4. The van der Waals surface area contributed by atoms with Crippen molar-refractivity contribution >= 4 is 17.8 Å². The van der Waals surface area contributed by atoms with E-state index in [9.17, 15) is 14.4 Å². The maximum absolute atomic E-state index is 12.0. The number of nitrogens with one attached hydrogen (secondary N) is 1. The fourth-order valence-corrected chi connectivity index (χ4v) is 1.69. The number of rotatable bonds is 6. The Balaban J connectivity index is 2.86. The Morgan fingerprint density at radius 2 is 1.95 bits per heavy atom. The van der Waals surface area contributed by atoms with Crippen LogP contribution in [0, 0.1) is 0 Å². The molecule has 1 rings (SSSR count). The Bertz CT molecular complexity index is 512. The topological polar surface area (TPSA) is 92.7 Å². The van der Waals surface area contributed by atoms with Crippen molar-refractivity contribution in [1.82, 2.24) is 5.32 Å². The molecule has 1 amide bonds. The highest BCUT2D eigenvalue weighted by atomic mass is 16.5. The number of aliphatic carboxylic acids is 1. The number of carboxylic acids is 1. The fraction of sp³-hybridized carbons (Fsp3) is 0.357. The lowest BCUT2D eigenvalue weighted by atomic mass is 10.1. The molecule has 108 valence electrons. The number of hydrogen-bond donors (Lipinski definition) is 2. The van der Waals surface area contributed by atoms with Crippen molar-refractivity contribution in [1.29, 1.82) is 0 Å². The Hall–Kier alpha value is -2.37. The van der Waals surface area contributed by atoms with Gasteiger partial charge in [0.15, 0.2) is 0 Å². The van der Waals surface area contributed by atoms with Crippen molar-refractivity contribution in [2.24, 2.45) is 0 Å². The molecule has 0 saturated carbocycles. The minimum Gasteiger partial charge on any atom is -0.480 e. The first kappa shape index (κ1) is 15.7. The highest BCUT2D eigenvalue weighted by Crippen LogP contribution is 2.08. The summed E-state index contributed by atoms with van der Waals surface area (Å²) < 4.78 is 4.56. The van der Waals surface area contributed by atoms with E-state index in [2.05, 4.69) is 10.1 Å². The highest BCUT2D eigenvalue weighted by Gasteiger charge is 2.20. The molecule has 0 aliphatic heterocycles. The summed E-state index contributed by atoms with van der Waals surface area (Å²) in [5.41, 5.74) is 0.456. The third-order valence-electron chi connectivity index (χ3n) is 2.73. The Morgan fingerprint density at radius 3 is 2.50 bits per heavy atom. The van der Waals surface area contributed by atoms with Gasteiger partial charge in [-0.3, -0.25) is 4.79 Å². The summed E-state index contributed by atoms with van der Waals surface area (Å²) in [6, 6.07) is 4.99. The first-order valence-electron chi connectivity index (χ1n) is 6.21. The van der Waals surface area contributed by atoms with Crippen molar-refractivity contribution in [3.8, 4) is 0 Å². The number of ether oxygens (including phenoxy) is 1. The number of esters is 1. The molecule has 0 aromatic heterocycles. The minimum atomic E-state index is -1.08. The summed E-state index contributed by atoms with van der Waals surface area (Å²) in [4.78, 5) is 34.3. The van der Waals surface area contributed by atoms with Gasteiger partial charge in [-0.15, -0.1) is 0 Å². The SMILES string of the molecule is CCCC(NC(=O)c1cccc(C(=O)OC)c1)C(=O)O. The van der Waals surface area contributed by atoms with E-state index in [1.807, 2.05) is 6.92 Å². The molecule has 0 spiro atoms. The Morgan fingerprint density at radius 1 is 1.30 bits per heavy atom. The number of methoxy groups -OCH3 is 1. The third kappa shape index (κ3) is 4.08. The second kappa shape index (κ2) is 7.28. The summed E-state index contributed by atoms with van der Waals surface area (Å²) in [6.45, 7) is 1.83. The predicted molar refractivity (Wildman–Crippen MR) is 71.6 cm³/mol. The van der Waals surface area contributed by atoms with E-state index in [4.69, 9.17) is 5.11 Å². The zero-order chi connectivity index (χ0) is 15.1. The van der Waals surface area contributed by atoms with Crippen LogP contribution in [0.4, 0.5) is 0 Å². The summed E-state index contributed by atoms with van der Waals surface area (Å²) >= 11 is 0. The number of carboxylic acid groups (broad SMARTS) is 1. The zero-order valence-corrected chi connectivity index (χ0v) is 11.4. The van der Waals surface area contributed by atoms with Gasteiger partial charge in [0.05, 0.1) is 12.7 Å². The summed E-state index contributed by atoms with van der Waals surface area (Å²) in [7, 11) is 1.25. The molecule has 20 heavy (non-hydrogen) atoms. The molecule has 6 nitrogen and oxygen atoms in total. The quantitative estimate of drug-likeness (QED) is 0.769. The van der Waals surface area contributed by atoms with E-state index in [0.717, 1.165) is 0 Å². The lowest BCUT2D eigenvalue weighted by Gasteiger charge is -2.13. The minimum absolute atomic E-state index is 0.218. The molecule has 0 radical (unpaired) electrons. The summed E-state index contributed by atoms with van der Waals surface area (Å²) in [5, 5.41) is 11.4. The van der Waals surface area contributed by atoms with Crippen LogP contribution in [0.2, 0.25) is 0 Å². The largest absolute Gasteiger partial charge is 0.480 e. The predicted octanol–water partition coefficient (Wildman–Crippen LogP) is 1.46. The molecule has 0 aliphatic carbocycles. The number of carbonyl (C=O) groups excluding carboxylic acids is 2. The van der Waals surface area contributed by atoms with Crippen LogP contribution in [0.3, 0.4) is 0 Å². The van der Waals surface area contributed by atoms with E-state index >= 15 is 0 Å². The molecule has 0 fully saturated rings. The summed E-state index contributed by atoms with van der Waals surface area (Å²) in [6.07, 6.45) is 0.983. The van der Waals surface area contributed by atoms with E-state index in [-0.39, 0.29) is 11.1 Å². The van der Waals surface area contributed by atoms with Crippen LogP contribution in [0.1, 0.15) is 40.5 Å². The molecule has 2 N–H and O–H groups in total. The molecule has 1 aromatic carbocycles. The van der Waals surface area contributed by atoms with Crippen LogP contribution >= 0.6 is 0 Å². The van der Waals surface area contributed by atoms with Crippen LogP contribution in [-0.4, -0.2) is 36.1 Å². The lowest BCUT2D eigenvalue weighted by Crippen LogP contribution is -2.40. The van der Waals surface area contributed by atoms with E-state index in [1.54, 1.807) is 0 Å². The first-order valence-corrected chi connectivity index (χ1v) is 6.21. The number of benzene rings is 1. The molecule has 0 saturated heterocycles. The second-order valence-corrected chi connectivity index (χ2v) is 4.23. The van der Waals surface area contributed by atoms with Gasteiger partial charge < -0.3 is 15.2 Å². The number of amides is 1. The maximum atomic E-state index is 12.0. The average Bonchev–Trinajstić information content (AvgIpc) is 2.45. The van der Waals surface area contributed by atoms with Crippen LogP contribution < -0.4 is 5.32 Å². The van der Waals surface area contributed by atoms with Crippen LogP contribution in [0.15, 0.2) is 24.3 Å². The van der Waals surface area contributed by atoms with Gasteiger partial charge >= 0.3 is 11.9 Å². The van der Waals surface area contributed by atoms with E-state index < -0.39 is 23.9 Å². The smallest absolute Gasteiger partial charge is 0.337 e. The number of carbonyl (C=O) groups is 3. The molecule has 0 heterocycles. The second-order valence-electron chi connectivity index (χ2n) is 4.23. The fourth-order valence-electron chi connectivity index (χ4n) is 1.69. The van der Waals surface area contributed by atoms with Crippen molar-refractivity contribution in [3.05, 3.63) is 35.4 Å². The molecular weight excluding hydrogens is 262 g/mol. The van der Waals surface area contributed by atoms with Crippen LogP contribution in [0.25, 0.3) is 0 Å². The highest BCUT2D eigenvalue weighted by molar-refractivity contribution is 5.99. The molecule has 1 atom stereocenters. The van der Waals surface area contributed by atoms with Crippen LogP contribution in [-0.2, 0) is 9.53 Å². The van der Waals surface area contributed by atoms with Gasteiger partial charge in [-0.2, -0.15) is 0 Å². The molecule has 6 heteroatoms. The van der Waals surface area contributed by atoms with Gasteiger partial charge in [-0.1, -0.05) is 19.4 Å². The van der Waals surface area contributed by atoms with Crippen molar-refractivity contribution in [3.63, 3.8) is 0 Å². The maximum Gasteiger partial charge on any atom is 0.337 e. The van der Waals surface area contributed by atoms with Gasteiger partial charge in [-0.25, -0.2) is 9.59 Å². The molecule has 1 unspecified atom stereocenters. The van der Waals surface area contributed by atoms with E-state index in [0.29, 0.717) is 12.8 Å². The molecular formula is C14H17NO5. The normalized spacial score (nSPS) is 11.5. The third-order valence-corrected chi connectivity index (χ3v) is 2.73. The molecule has 1 aromatic rings. The van der Waals surface area contributed by atoms with Crippen molar-refractivity contribution in [2.45, 2.75) is 25.8 Å². The molecule has 0 bridgehead atoms. The van der Waals surface area contributed by atoms with Gasteiger partial charge in [-0.05, 0) is 24.6 Å². The monoisotopic (exact) mass is 279 g/mol. The average molecular weight is 279 g/mol.